The Hall–Kier alpha value is -3.79. The monoisotopic (exact) mass is 477 g/mol. The van der Waals surface area contributed by atoms with E-state index in [-0.39, 0.29) is 37.1 Å². The van der Waals surface area contributed by atoms with E-state index < -0.39 is 9.84 Å². The first kappa shape index (κ1) is 22.0. The number of nitrogens with one attached hydrogen (secondary N) is 1. The number of carbonyl (C=O) groups is 1. The molecule has 0 spiro atoms. The molecule has 0 unspecified atom stereocenters. The smallest absolute Gasteiger partial charge is 0.260 e. The highest BCUT2D eigenvalue weighted by Crippen LogP contribution is 2.25. The Morgan fingerprint density at radius 2 is 1.94 bits per heavy atom. The lowest BCUT2D eigenvalue weighted by Crippen LogP contribution is -2.45. The van der Waals surface area contributed by atoms with Gasteiger partial charge >= 0.3 is 0 Å². The van der Waals surface area contributed by atoms with Gasteiger partial charge in [0.2, 0.25) is 0 Å². The fourth-order valence-corrected chi connectivity index (χ4v) is 5.02. The van der Waals surface area contributed by atoms with Gasteiger partial charge in [-0.15, -0.1) is 0 Å². The fourth-order valence-electron chi connectivity index (χ4n) is 3.82. The summed E-state index contributed by atoms with van der Waals surface area (Å²) in [7, 11) is -3.04. The van der Waals surface area contributed by atoms with Crippen LogP contribution in [0.1, 0.15) is 11.1 Å². The Kier molecular flexibility index (Phi) is 5.97. The molecule has 1 saturated heterocycles. The Bertz CT molecular complexity index is 1360. The van der Waals surface area contributed by atoms with Crippen molar-refractivity contribution in [2.24, 2.45) is 4.99 Å². The minimum Gasteiger partial charge on any atom is -0.484 e. The number of nitrogens with zero attached hydrogens (tertiary/aromatic N) is 4. The Balaban J connectivity index is 1.24. The molecule has 2 aliphatic heterocycles. The topological polar surface area (TPSA) is 114 Å². The average molecular weight is 478 g/mol. The largest absolute Gasteiger partial charge is 0.484 e. The second-order valence-corrected chi connectivity index (χ2v) is 10.4. The first-order chi connectivity index (χ1) is 16.4. The molecule has 34 heavy (non-hydrogen) atoms. The number of rotatable bonds is 6. The van der Waals surface area contributed by atoms with Crippen LogP contribution in [-0.2, 0) is 21.2 Å². The summed E-state index contributed by atoms with van der Waals surface area (Å²) in [5.41, 5.74) is 3.97. The predicted octanol–water partition coefficient (Wildman–Crippen LogP) is 2.46. The summed E-state index contributed by atoms with van der Waals surface area (Å²) in [6.45, 7) is 0.967. The molecule has 1 aromatic heterocycles. The summed E-state index contributed by atoms with van der Waals surface area (Å²) >= 11 is 0. The number of hydrogen-bond donors (Lipinski definition) is 1. The molecule has 1 amide bonds. The van der Waals surface area contributed by atoms with Crippen molar-refractivity contribution in [3.05, 3.63) is 65.9 Å². The third kappa shape index (κ3) is 5.07. The minimum atomic E-state index is -3.04. The number of hydrogen-bond acceptors (Lipinski definition) is 8. The van der Waals surface area contributed by atoms with Crippen molar-refractivity contribution >= 4 is 33.5 Å². The molecule has 10 heteroatoms. The van der Waals surface area contributed by atoms with Gasteiger partial charge in [-0.1, -0.05) is 18.2 Å². The summed E-state index contributed by atoms with van der Waals surface area (Å²) in [5, 5.41) is 3.30. The highest BCUT2D eigenvalue weighted by atomic mass is 32.2. The fraction of sp³-hybridized carbons (Fsp3) is 0.250. The van der Waals surface area contributed by atoms with Gasteiger partial charge in [0.1, 0.15) is 11.6 Å². The van der Waals surface area contributed by atoms with Crippen molar-refractivity contribution in [2.45, 2.75) is 6.54 Å². The van der Waals surface area contributed by atoms with Gasteiger partial charge < -0.3 is 15.0 Å². The molecular formula is C24H23N5O4S. The number of carbonyl (C=O) groups excluding carboxylic acids is 1. The van der Waals surface area contributed by atoms with Crippen molar-refractivity contribution < 1.29 is 17.9 Å². The molecule has 0 aliphatic carbocycles. The molecule has 174 valence electrons. The number of benzene rings is 2. The maximum Gasteiger partial charge on any atom is 0.260 e. The number of sulfone groups is 1. The lowest BCUT2D eigenvalue weighted by molar-refractivity contribution is -0.133. The quantitative estimate of drug-likeness (QED) is 0.580. The van der Waals surface area contributed by atoms with Crippen LogP contribution in [0.25, 0.3) is 11.4 Å². The van der Waals surface area contributed by atoms with Gasteiger partial charge in [0, 0.05) is 36.8 Å². The van der Waals surface area contributed by atoms with Crippen LogP contribution >= 0.6 is 0 Å². The summed E-state index contributed by atoms with van der Waals surface area (Å²) in [4.78, 5) is 27.2. The van der Waals surface area contributed by atoms with E-state index >= 15 is 0 Å². The minimum absolute atomic E-state index is 0.00497. The number of anilines is 2. The highest BCUT2D eigenvalue weighted by molar-refractivity contribution is 7.91. The van der Waals surface area contributed by atoms with Crippen molar-refractivity contribution in [1.82, 2.24) is 14.9 Å². The van der Waals surface area contributed by atoms with Gasteiger partial charge in [-0.05, 0) is 41.5 Å². The van der Waals surface area contributed by atoms with Crippen LogP contribution in [0.5, 0.6) is 5.75 Å². The Morgan fingerprint density at radius 1 is 1.09 bits per heavy atom. The van der Waals surface area contributed by atoms with Gasteiger partial charge in [-0.2, -0.15) is 0 Å². The third-order valence-electron chi connectivity index (χ3n) is 5.72. The Labute approximate surface area is 197 Å². The summed E-state index contributed by atoms with van der Waals surface area (Å²) in [6, 6.07) is 15.1. The van der Waals surface area contributed by atoms with Crippen LogP contribution in [0.15, 0.2) is 59.7 Å². The summed E-state index contributed by atoms with van der Waals surface area (Å²) < 4.78 is 28.8. The van der Waals surface area contributed by atoms with Gasteiger partial charge in [-0.25, -0.2) is 18.4 Å². The van der Waals surface area contributed by atoms with E-state index in [1.807, 2.05) is 30.5 Å². The lowest BCUT2D eigenvalue weighted by atomic mass is 10.1. The van der Waals surface area contributed by atoms with Crippen LogP contribution in [0.3, 0.4) is 0 Å². The zero-order valence-electron chi connectivity index (χ0n) is 18.3. The maximum absolute atomic E-state index is 12.4. The van der Waals surface area contributed by atoms with Crippen LogP contribution in [0.2, 0.25) is 0 Å². The van der Waals surface area contributed by atoms with Crippen molar-refractivity contribution in [3.8, 4) is 17.1 Å². The van der Waals surface area contributed by atoms with Gasteiger partial charge in [0.15, 0.2) is 22.3 Å². The van der Waals surface area contributed by atoms with Crippen LogP contribution in [0.4, 0.5) is 11.5 Å². The maximum atomic E-state index is 12.4. The number of ether oxygens (including phenoxy) is 1. The zero-order chi connectivity index (χ0) is 23.5. The molecule has 1 fully saturated rings. The standard InChI is InChI=1S/C24H23N5O4S/c30-23(29-8-10-34(31,32)11-9-29)16-33-21-3-1-2-17(13-21)24-26-7-6-22(28-24)27-20-5-4-18-14-25-15-19(18)12-20/h1-7,12-13,15H,8-11,14,16H2,(H,26,27,28). The lowest BCUT2D eigenvalue weighted by Gasteiger charge is -2.26. The molecule has 9 nitrogen and oxygen atoms in total. The second kappa shape index (κ2) is 9.22. The first-order valence-corrected chi connectivity index (χ1v) is 12.7. The zero-order valence-corrected chi connectivity index (χ0v) is 19.2. The molecule has 3 heterocycles. The summed E-state index contributed by atoms with van der Waals surface area (Å²) in [5.74, 6) is 1.44. The first-order valence-electron chi connectivity index (χ1n) is 10.9. The van der Waals surface area contributed by atoms with Gasteiger partial charge in [0.05, 0.1) is 18.1 Å². The van der Waals surface area contributed by atoms with E-state index in [0.29, 0.717) is 17.4 Å². The highest BCUT2D eigenvalue weighted by Gasteiger charge is 2.25. The number of fused-ring (bicyclic) bond motifs is 1. The molecule has 0 saturated carbocycles. The van der Waals surface area contributed by atoms with Crippen LogP contribution < -0.4 is 10.1 Å². The number of aliphatic imine (C=N–C) groups is 1. The van der Waals surface area contributed by atoms with E-state index in [1.165, 1.54) is 10.5 Å². The van der Waals surface area contributed by atoms with E-state index in [1.54, 1.807) is 24.4 Å². The molecule has 3 aromatic rings. The van der Waals surface area contributed by atoms with E-state index in [4.69, 9.17) is 4.74 Å². The Morgan fingerprint density at radius 3 is 2.79 bits per heavy atom. The van der Waals surface area contributed by atoms with Crippen LogP contribution in [-0.4, -0.2) is 66.6 Å². The number of amides is 1. The van der Waals surface area contributed by atoms with Gasteiger partial charge in [0.25, 0.3) is 5.91 Å². The van der Waals surface area contributed by atoms with E-state index in [2.05, 4.69) is 26.3 Å². The molecule has 0 radical (unpaired) electrons. The third-order valence-corrected chi connectivity index (χ3v) is 7.33. The van der Waals surface area contributed by atoms with Crippen molar-refractivity contribution in [3.63, 3.8) is 0 Å². The summed E-state index contributed by atoms with van der Waals surface area (Å²) in [6.07, 6.45) is 3.55. The van der Waals surface area contributed by atoms with E-state index in [0.717, 1.165) is 23.4 Å². The van der Waals surface area contributed by atoms with Gasteiger partial charge in [-0.3, -0.25) is 9.79 Å². The second-order valence-electron chi connectivity index (χ2n) is 8.12. The average Bonchev–Trinajstić information content (AvgIpc) is 3.31. The molecular weight excluding hydrogens is 454 g/mol. The normalized spacial score (nSPS) is 16.2. The molecule has 5 rings (SSSR count). The van der Waals surface area contributed by atoms with Crippen molar-refractivity contribution in [1.29, 1.82) is 0 Å². The van der Waals surface area contributed by atoms with Crippen LogP contribution in [0, 0.1) is 0 Å². The molecule has 2 aromatic carbocycles. The predicted molar refractivity (Wildman–Crippen MR) is 129 cm³/mol. The molecule has 1 N–H and O–H groups in total. The SMILES string of the molecule is O=C(COc1cccc(-c2nccc(Nc3ccc4c(c3)C=NC4)n2)c1)N1CCS(=O)(=O)CC1. The molecule has 0 bridgehead atoms. The molecule has 0 atom stereocenters. The van der Waals surface area contributed by atoms with Crippen molar-refractivity contribution in [2.75, 3.05) is 36.5 Å². The molecule has 2 aliphatic rings. The number of aromatic nitrogens is 2. The van der Waals surface area contributed by atoms with E-state index in [9.17, 15) is 13.2 Å².